The molecule has 1 aliphatic carbocycles. The lowest BCUT2D eigenvalue weighted by molar-refractivity contribution is -0.146. The van der Waals surface area contributed by atoms with E-state index in [1.54, 1.807) is 6.07 Å². The lowest BCUT2D eigenvalue weighted by Gasteiger charge is -2.25. The molecule has 0 radical (unpaired) electrons. The molecule has 1 fully saturated rings. The normalized spacial score (nSPS) is 22.9. The molecule has 1 saturated carbocycles. The molecule has 0 aliphatic heterocycles. The van der Waals surface area contributed by atoms with Crippen LogP contribution in [0.3, 0.4) is 0 Å². The van der Waals surface area contributed by atoms with Crippen LogP contribution in [0.5, 0.6) is 0 Å². The molecule has 0 spiro atoms. The summed E-state index contributed by atoms with van der Waals surface area (Å²) < 4.78 is 23.1. The van der Waals surface area contributed by atoms with E-state index in [-0.39, 0.29) is 23.6 Å². The number of nitrogens with zero attached hydrogens (tertiary/aromatic N) is 1. The smallest absolute Gasteiger partial charge is 0.308 e. The molecule has 1 heterocycles. The van der Waals surface area contributed by atoms with Crippen LogP contribution in [0.25, 0.3) is 11.0 Å². The van der Waals surface area contributed by atoms with Gasteiger partial charge in [0.15, 0.2) is 5.58 Å². The molecule has 5 heteroatoms. The maximum Gasteiger partial charge on any atom is 0.308 e. The number of rotatable bonds is 2. The highest BCUT2D eigenvalue weighted by atomic mass is 19.1. The summed E-state index contributed by atoms with van der Waals surface area (Å²) in [5.74, 6) is -0.195. The molecular weight excluding hydrogens is 261 g/mol. The molecule has 4 nitrogen and oxygen atoms in total. The third-order valence-corrected chi connectivity index (χ3v) is 4.11. The summed E-state index contributed by atoms with van der Waals surface area (Å²) in [7, 11) is 1.42. The topological polar surface area (TPSA) is 52.3 Å². The van der Waals surface area contributed by atoms with Crippen molar-refractivity contribution in [2.24, 2.45) is 5.92 Å². The van der Waals surface area contributed by atoms with Crippen LogP contribution in [0.1, 0.15) is 37.3 Å². The number of carbonyl (C=O) groups is 1. The number of hydrogen-bond acceptors (Lipinski definition) is 4. The minimum Gasteiger partial charge on any atom is -0.469 e. The molecule has 0 amide bonds. The predicted octanol–water partition coefficient (Wildman–Crippen LogP) is 3.41. The van der Waals surface area contributed by atoms with Crippen LogP contribution in [0, 0.1) is 11.7 Å². The fraction of sp³-hybridized carbons (Fsp3) is 0.467. The first-order valence-corrected chi connectivity index (χ1v) is 6.81. The first kappa shape index (κ1) is 13.1. The molecular formula is C15H16FNO3. The van der Waals surface area contributed by atoms with Gasteiger partial charge in [0.1, 0.15) is 5.82 Å². The van der Waals surface area contributed by atoms with Gasteiger partial charge in [0.05, 0.1) is 18.7 Å². The summed E-state index contributed by atoms with van der Waals surface area (Å²) in [6, 6.07) is 4.48. The van der Waals surface area contributed by atoms with E-state index in [0.29, 0.717) is 5.58 Å². The van der Waals surface area contributed by atoms with Crippen LogP contribution in [-0.2, 0) is 9.53 Å². The zero-order valence-corrected chi connectivity index (χ0v) is 11.3. The SMILES string of the molecule is COC(=O)C1CCC(c2noc3cc(F)ccc23)CC1. The van der Waals surface area contributed by atoms with Crippen molar-refractivity contribution in [3.8, 4) is 0 Å². The number of methoxy groups -OCH3 is 1. The second-order valence-corrected chi connectivity index (χ2v) is 5.28. The van der Waals surface area contributed by atoms with Gasteiger partial charge < -0.3 is 9.26 Å². The highest BCUT2D eigenvalue weighted by molar-refractivity contribution is 5.80. The molecule has 3 rings (SSSR count). The van der Waals surface area contributed by atoms with E-state index in [1.165, 1.54) is 19.2 Å². The van der Waals surface area contributed by atoms with Crippen molar-refractivity contribution in [1.29, 1.82) is 0 Å². The van der Waals surface area contributed by atoms with E-state index in [0.717, 1.165) is 36.8 Å². The molecule has 0 bridgehead atoms. The Balaban J connectivity index is 1.78. The Morgan fingerprint density at radius 3 is 2.80 bits per heavy atom. The second kappa shape index (κ2) is 5.23. The van der Waals surface area contributed by atoms with Gasteiger partial charge in [-0.3, -0.25) is 4.79 Å². The number of benzene rings is 1. The van der Waals surface area contributed by atoms with Crippen molar-refractivity contribution in [1.82, 2.24) is 5.16 Å². The van der Waals surface area contributed by atoms with Gasteiger partial charge in [-0.25, -0.2) is 4.39 Å². The molecule has 0 unspecified atom stereocenters. The summed E-state index contributed by atoms with van der Waals surface area (Å²) in [6.07, 6.45) is 3.34. The van der Waals surface area contributed by atoms with Gasteiger partial charge in [-0.1, -0.05) is 5.16 Å². The summed E-state index contributed by atoms with van der Waals surface area (Å²) in [5.41, 5.74) is 1.36. The first-order valence-electron chi connectivity index (χ1n) is 6.81. The maximum atomic E-state index is 13.1. The van der Waals surface area contributed by atoms with Crippen LogP contribution in [0.4, 0.5) is 4.39 Å². The van der Waals surface area contributed by atoms with Gasteiger partial charge in [0.25, 0.3) is 0 Å². The Labute approximate surface area is 115 Å². The number of hydrogen-bond donors (Lipinski definition) is 0. The third-order valence-electron chi connectivity index (χ3n) is 4.11. The Bertz CT molecular complexity index is 629. The summed E-state index contributed by atoms with van der Waals surface area (Å²) in [5, 5.41) is 4.96. The standard InChI is InChI=1S/C15H16FNO3/c1-19-15(18)10-4-2-9(3-5-10)14-12-7-6-11(16)8-13(12)20-17-14/h6-10H,2-5H2,1H3. The molecule has 1 aromatic heterocycles. The zero-order valence-electron chi connectivity index (χ0n) is 11.3. The van der Waals surface area contributed by atoms with Crippen LogP contribution >= 0.6 is 0 Å². The molecule has 0 atom stereocenters. The molecule has 106 valence electrons. The van der Waals surface area contributed by atoms with Gasteiger partial charge in [-0.15, -0.1) is 0 Å². The number of ether oxygens (including phenoxy) is 1. The summed E-state index contributed by atoms with van der Waals surface area (Å²) in [4.78, 5) is 11.5. The van der Waals surface area contributed by atoms with E-state index in [9.17, 15) is 9.18 Å². The number of esters is 1. The second-order valence-electron chi connectivity index (χ2n) is 5.28. The molecule has 1 aliphatic rings. The molecule has 20 heavy (non-hydrogen) atoms. The average molecular weight is 277 g/mol. The average Bonchev–Trinajstić information content (AvgIpc) is 2.89. The third kappa shape index (κ3) is 2.28. The first-order chi connectivity index (χ1) is 9.69. The van der Waals surface area contributed by atoms with Crippen molar-refractivity contribution in [2.45, 2.75) is 31.6 Å². The van der Waals surface area contributed by atoms with Gasteiger partial charge in [0.2, 0.25) is 0 Å². The number of aromatic nitrogens is 1. The van der Waals surface area contributed by atoms with Crippen LogP contribution < -0.4 is 0 Å². The van der Waals surface area contributed by atoms with Crippen molar-refractivity contribution in [3.05, 3.63) is 29.7 Å². The van der Waals surface area contributed by atoms with Crippen molar-refractivity contribution in [3.63, 3.8) is 0 Å². The van der Waals surface area contributed by atoms with Gasteiger partial charge in [-0.2, -0.15) is 0 Å². The summed E-state index contributed by atoms with van der Waals surface area (Å²) in [6.45, 7) is 0. The number of carbonyl (C=O) groups excluding carboxylic acids is 1. The van der Waals surface area contributed by atoms with Crippen molar-refractivity contribution >= 4 is 16.9 Å². The van der Waals surface area contributed by atoms with Gasteiger partial charge in [0, 0.05) is 17.4 Å². The Hall–Kier alpha value is -1.91. The number of halogens is 1. The Morgan fingerprint density at radius 1 is 1.35 bits per heavy atom. The van der Waals surface area contributed by atoms with Crippen LogP contribution in [0.15, 0.2) is 22.7 Å². The molecule has 0 saturated heterocycles. The Morgan fingerprint density at radius 2 is 2.10 bits per heavy atom. The number of fused-ring (bicyclic) bond motifs is 1. The molecule has 2 aromatic rings. The van der Waals surface area contributed by atoms with Crippen molar-refractivity contribution < 1.29 is 18.4 Å². The van der Waals surface area contributed by atoms with E-state index in [2.05, 4.69) is 5.16 Å². The molecule has 0 N–H and O–H groups in total. The van der Waals surface area contributed by atoms with E-state index in [4.69, 9.17) is 9.26 Å². The zero-order chi connectivity index (χ0) is 14.1. The predicted molar refractivity (Wildman–Crippen MR) is 70.7 cm³/mol. The van der Waals surface area contributed by atoms with Crippen LogP contribution in [-0.4, -0.2) is 18.2 Å². The van der Waals surface area contributed by atoms with Crippen molar-refractivity contribution in [2.75, 3.05) is 7.11 Å². The highest BCUT2D eigenvalue weighted by Gasteiger charge is 2.30. The maximum absolute atomic E-state index is 13.1. The van der Waals surface area contributed by atoms with E-state index >= 15 is 0 Å². The summed E-state index contributed by atoms with van der Waals surface area (Å²) >= 11 is 0. The Kier molecular flexibility index (Phi) is 3.42. The van der Waals surface area contributed by atoms with Crippen LogP contribution in [0.2, 0.25) is 0 Å². The highest BCUT2D eigenvalue weighted by Crippen LogP contribution is 2.38. The van der Waals surface area contributed by atoms with Gasteiger partial charge in [-0.05, 0) is 37.8 Å². The lowest BCUT2D eigenvalue weighted by atomic mass is 9.80. The monoisotopic (exact) mass is 277 g/mol. The largest absolute Gasteiger partial charge is 0.469 e. The van der Waals surface area contributed by atoms with Gasteiger partial charge >= 0.3 is 5.97 Å². The minimum atomic E-state index is -0.324. The quantitative estimate of drug-likeness (QED) is 0.789. The lowest BCUT2D eigenvalue weighted by Crippen LogP contribution is -2.22. The van der Waals surface area contributed by atoms with E-state index in [1.807, 2.05) is 0 Å². The van der Waals surface area contributed by atoms with E-state index < -0.39 is 0 Å². The fourth-order valence-corrected chi connectivity index (χ4v) is 2.99. The minimum absolute atomic E-state index is 0.00754. The molecule has 1 aromatic carbocycles. The fourth-order valence-electron chi connectivity index (χ4n) is 2.99.